The fourth-order valence-corrected chi connectivity index (χ4v) is 2.99. The van der Waals surface area contributed by atoms with Crippen LogP contribution in [0.25, 0.3) is 0 Å². The van der Waals surface area contributed by atoms with E-state index in [0.29, 0.717) is 24.4 Å². The number of methoxy groups -OCH3 is 1. The Balaban J connectivity index is 1.54. The highest BCUT2D eigenvalue weighted by Crippen LogP contribution is 2.33. The smallest absolute Gasteiger partial charge is 0.268 e. The molecule has 0 aliphatic carbocycles. The first-order chi connectivity index (χ1) is 12.6. The van der Waals surface area contributed by atoms with Crippen molar-refractivity contribution in [3.8, 4) is 11.5 Å². The van der Waals surface area contributed by atoms with Crippen LogP contribution in [0.1, 0.15) is 12.0 Å². The van der Waals surface area contributed by atoms with E-state index in [2.05, 4.69) is 5.32 Å². The Morgan fingerprint density at radius 1 is 1.19 bits per heavy atom. The third-order valence-electron chi connectivity index (χ3n) is 4.38. The molecule has 1 aliphatic heterocycles. The molecule has 136 valence electrons. The zero-order chi connectivity index (χ0) is 18.5. The van der Waals surface area contributed by atoms with Crippen LogP contribution in [-0.4, -0.2) is 38.6 Å². The summed E-state index contributed by atoms with van der Waals surface area (Å²) in [6.45, 7) is 0.465. The maximum atomic E-state index is 12.4. The minimum atomic E-state index is -0.804. The lowest BCUT2D eigenvalue weighted by atomic mass is 10.1. The van der Waals surface area contributed by atoms with E-state index in [4.69, 9.17) is 9.47 Å². The number of nitrogens with zero attached hydrogens (tertiary/aromatic N) is 1. The van der Waals surface area contributed by atoms with Crippen molar-refractivity contribution in [1.29, 1.82) is 0 Å². The molecule has 1 heterocycles. The van der Waals surface area contributed by atoms with Gasteiger partial charge in [-0.2, -0.15) is 0 Å². The van der Waals surface area contributed by atoms with Gasteiger partial charge in [0.15, 0.2) is 6.10 Å². The van der Waals surface area contributed by atoms with Crippen molar-refractivity contribution in [2.24, 2.45) is 0 Å². The average molecular weight is 354 g/mol. The molecule has 0 saturated heterocycles. The van der Waals surface area contributed by atoms with E-state index in [0.717, 1.165) is 11.3 Å². The molecule has 6 nitrogen and oxygen atoms in total. The first-order valence-electron chi connectivity index (χ1n) is 8.52. The molecule has 0 fully saturated rings. The van der Waals surface area contributed by atoms with Crippen molar-refractivity contribution in [2.75, 3.05) is 25.6 Å². The maximum Gasteiger partial charge on any atom is 0.268 e. The Kier molecular flexibility index (Phi) is 5.41. The van der Waals surface area contributed by atoms with E-state index < -0.39 is 6.10 Å². The van der Waals surface area contributed by atoms with Crippen molar-refractivity contribution in [3.63, 3.8) is 0 Å². The van der Waals surface area contributed by atoms with Gasteiger partial charge in [-0.3, -0.25) is 9.59 Å². The molecule has 0 radical (unpaired) electrons. The summed E-state index contributed by atoms with van der Waals surface area (Å²) in [6, 6.07) is 15.0. The fraction of sp³-hybridized carbons (Fsp3) is 0.300. The number of ether oxygens (including phenoxy) is 2. The predicted molar refractivity (Wildman–Crippen MR) is 98.6 cm³/mol. The van der Waals surface area contributed by atoms with Gasteiger partial charge < -0.3 is 19.7 Å². The lowest BCUT2D eigenvalue weighted by Crippen LogP contribution is -2.46. The van der Waals surface area contributed by atoms with Gasteiger partial charge in [0, 0.05) is 13.6 Å². The minimum Gasteiger partial charge on any atom is -0.496 e. The summed E-state index contributed by atoms with van der Waals surface area (Å²) < 4.78 is 11.0. The largest absolute Gasteiger partial charge is 0.496 e. The monoisotopic (exact) mass is 354 g/mol. The van der Waals surface area contributed by atoms with Crippen LogP contribution in [0.15, 0.2) is 48.5 Å². The van der Waals surface area contributed by atoms with Crippen LogP contribution in [0, 0.1) is 0 Å². The van der Waals surface area contributed by atoms with Gasteiger partial charge in [0.1, 0.15) is 11.5 Å². The quantitative estimate of drug-likeness (QED) is 0.863. The van der Waals surface area contributed by atoms with Gasteiger partial charge in [-0.25, -0.2) is 0 Å². The summed E-state index contributed by atoms with van der Waals surface area (Å²) in [5.41, 5.74) is 1.74. The molecule has 1 unspecified atom stereocenters. The Morgan fingerprint density at radius 3 is 2.73 bits per heavy atom. The van der Waals surface area contributed by atoms with E-state index in [1.807, 2.05) is 42.5 Å². The van der Waals surface area contributed by atoms with E-state index in [-0.39, 0.29) is 18.2 Å². The third-order valence-corrected chi connectivity index (χ3v) is 4.38. The number of anilines is 1. The van der Waals surface area contributed by atoms with Gasteiger partial charge in [-0.1, -0.05) is 30.3 Å². The molecule has 1 aliphatic rings. The first kappa shape index (κ1) is 17.8. The Bertz CT molecular complexity index is 806. The molecular formula is C20H22N2O4. The van der Waals surface area contributed by atoms with Crippen molar-refractivity contribution in [1.82, 2.24) is 5.32 Å². The van der Waals surface area contributed by atoms with Crippen molar-refractivity contribution in [2.45, 2.75) is 18.9 Å². The standard InChI is InChI=1S/C20H22N2O4/c1-22-15-8-4-6-10-17(15)26-18(20(22)24)13-19(23)21-12-11-14-7-3-5-9-16(14)25-2/h3-10,18H,11-13H2,1-2H3,(H,21,23). The maximum absolute atomic E-state index is 12.4. The Morgan fingerprint density at radius 2 is 1.92 bits per heavy atom. The van der Waals surface area contributed by atoms with Crippen LogP contribution in [0.5, 0.6) is 11.5 Å². The number of amides is 2. The van der Waals surface area contributed by atoms with E-state index in [1.165, 1.54) is 4.90 Å². The summed E-state index contributed by atoms with van der Waals surface area (Å²) in [7, 11) is 3.31. The van der Waals surface area contributed by atoms with Gasteiger partial charge in [-0.05, 0) is 30.2 Å². The number of nitrogens with one attached hydrogen (secondary N) is 1. The molecule has 2 amide bonds. The SMILES string of the molecule is COc1ccccc1CCNC(=O)CC1Oc2ccccc2N(C)C1=O. The van der Waals surface area contributed by atoms with Crippen LogP contribution < -0.4 is 19.7 Å². The lowest BCUT2D eigenvalue weighted by molar-refractivity contribution is -0.132. The van der Waals surface area contributed by atoms with Crippen molar-refractivity contribution >= 4 is 17.5 Å². The van der Waals surface area contributed by atoms with Crippen LogP contribution in [-0.2, 0) is 16.0 Å². The number of likely N-dealkylation sites (N-methyl/N-ethyl adjacent to an activating group) is 1. The predicted octanol–water partition coefficient (Wildman–Crippen LogP) is 2.17. The van der Waals surface area contributed by atoms with Crippen LogP contribution in [0.2, 0.25) is 0 Å². The van der Waals surface area contributed by atoms with Gasteiger partial charge in [0.25, 0.3) is 5.91 Å². The molecule has 2 aromatic carbocycles. The van der Waals surface area contributed by atoms with E-state index in [1.54, 1.807) is 20.2 Å². The third kappa shape index (κ3) is 3.79. The Labute approximate surface area is 152 Å². The normalized spacial score (nSPS) is 15.8. The molecule has 3 rings (SSSR count). The highest BCUT2D eigenvalue weighted by atomic mass is 16.5. The van der Waals surface area contributed by atoms with E-state index in [9.17, 15) is 9.59 Å². The molecular weight excluding hydrogens is 332 g/mol. The summed E-state index contributed by atoms with van der Waals surface area (Å²) in [4.78, 5) is 26.2. The zero-order valence-corrected chi connectivity index (χ0v) is 14.9. The van der Waals surface area contributed by atoms with E-state index >= 15 is 0 Å². The van der Waals surface area contributed by atoms with Gasteiger partial charge >= 0.3 is 0 Å². The summed E-state index contributed by atoms with van der Waals surface area (Å²) in [5, 5.41) is 2.84. The summed E-state index contributed by atoms with van der Waals surface area (Å²) in [6.07, 6.45) is -0.164. The second-order valence-corrected chi connectivity index (χ2v) is 6.09. The number of fused-ring (bicyclic) bond motifs is 1. The lowest BCUT2D eigenvalue weighted by Gasteiger charge is -2.31. The van der Waals surface area contributed by atoms with Crippen molar-refractivity contribution in [3.05, 3.63) is 54.1 Å². The minimum absolute atomic E-state index is 0.0105. The highest BCUT2D eigenvalue weighted by Gasteiger charge is 2.33. The molecule has 0 saturated carbocycles. The molecule has 0 aromatic heterocycles. The molecule has 26 heavy (non-hydrogen) atoms. The molecule has 1 N–H and O–H groups in total. The average Bonchev–Trinajstić information content (AvgIpc) is 2.66. The summed E-state index contributed by atoms with van der Waals surface area (Å²) in [5.74, 6) is 0.974. The van der Waals surface area contributed by atoms with Crippen molar-refractivity contribution < 1.29 is 19.1 Å². The topological polar surface area (TPSA) is 67.9 Å². The number of hydrogen-bond donors (Lipinski definition) is 1. The zero-order valence-electron chi connectivity index (χ0n) is 14.9. The molecule has 1 atom stereocenters. The highest BCUT2D eigenvalue weighted by molar-refractivity contribution is 6.01. The number of carbonyl (C=O) groups excluding carboxylic acids is 2. The fourth-order valence-electron chi connectivity index (χ4n) is 2.99. The van der Waals surface area contributed by atoms with Crippen LogP contribution >= 0.6 is 0 Å². The van der Waals surface area contributed by atoms with Gasteiger partial charge in [0.05, 0.1) is 19.2 Å². The number of carbonyl (C=O) groups is 2. The first-order valence-corrected chi connectivity index (χ1v) is 8.52. The number of hydrogen-bond acceptors (Lipinski definition) is 4. The molecule has 0 bridgehead atoms. The molecule has 0 spiro atoms. The molecule has 6 heteroatoms. The second kappa shape index (κ2) is 7.91. The van der Waals surface area contributed by atoms with Gasteiger partial charge in [-0.15, -0.1) is 0 Å². The van der Waals surface area contributed by atoms with Crippen LogP contribution in [0.4, 0.5) is 5.69 Å². The summed E-state index contributed by atoms with van der Waals surface area (Å²) >= 11 is 0. The second-order valence-electron chi connectivity index (χ2n) is 6.09. The molecule has 2 aromatic rings. The number of benzene rings is 2. The Hall–Kier alpha value is -3.02. The number of rotatable bonds is 6. The van der Waals surface area contributed by atoms with Gasteiger partial charge in [0.2, 0.25) is 5.91 Å². The number of para-hydroxylation sites is 3. The van der Waals surface area contributed by atoms with Crippen LogP contribution in [0.3, 0.4) is 0 Å².